The van der Waals surface area contributed by atoms with Crippen molar-refractivity contribution in [2.24, 2.45) is 0 Å². The fourth-order valence-corrected chi connectivity index (χ4v) is 1.74. The predicted octanol–water partition coefficient (Wildman–Crippen LogP) is 0.358. The lowest BCUT2D eigenvalue weighted by Crippen LogP contribution is -2.35. The number of benzene rings is 1. The predicted molar refractivity (Wildman–Crippen MR) is 66.5 cm³/mol. The molecule has 1 saturated heterocycles. The first-order chi connectivity index (χ1) is 9.56. The lowest BCUT2D eigenvalue weighted by molar-refractivity contribution is -0.142. The summed E-state index contributed by atoms with van der Waals surface area (Å²) in [7, 11) is 1.24. The first-order valence-corrected chi connectivity index (χ1v) is 5.81. The van der Waals surface area contributed by atoms with Crippen LogP contribution in [-0.2, 0) is 9.59 Å². The average Bonchev–Trinajstić information content (AvgIpc) is 2.65. The van der Waals surface area contributed by atoms with Gasteiger partial charge in [0.25, 0.3) is 0 Å². The van der Waals surface area contributed by atoms with Gasteiger partial charge < -0.3 is 4.74 Å². The molecule has 0 saturated carbocycles. The molecule has 102 valence electrons. The molecular formula is C13H11N3O4. The molecule has 0 aromatic heterocycles. The fourth-order valence-electron chi connectivity index (χ4n) is 1.74. The molecule has 2 rings (SSSR count). The summed E-state index contributed by atoms with van der Waals surface area (Å²) < 4.78 is 5.36. The van der Waals surface area contributed by atoms with E-state index < -0.39 is 17.8 Å². The van der Waals surface area contributed by atoms with E-state index >= 15 is 0 Å². The van der Waals surface area contributed by atoms with E-state index in [0.717, 1.165) is 9.80 Å². The number of para-hydroxylation sites is 1. The number of carbonyl (C=O) groups excluding carboxylic acids is 3. The quantitative estimate of drug-likeness (QED) is 0.583. The van der Waals surface area contributed by atoms with Crippen LogP contribution >= 0.6 is 0 Å². The van der Waals surface area contributed by atoms with Crippen LogP contribution < -0.4 is 4.74 Å². The molecule has 0 unspecified atom stereocenters. The van der Waals surface area contributed by atoms with Crippen molar-refractivity contribution in [3.8, 4) is 11.8 Å². The average molecular weight is 273 g/mol. The van der Waals surface area contributed by atoms with E-state index in [1.54, 1.807) is 24.3 Å². The van der Waals surface area contributed by atoms with E-state index in [4.69, 9.17) is 10.00 Å². The first-order valence-electron chi connectivity index (χ1n) is 5.81. The van der Waals surface area contributed by atoms with Crippen LogP contribution in [0.2, 0.25) is 0 Å². The van der Waals surface area contributed by atoms with E-state index in [1.165, 1.54) is 7.05 Å². The molecule has 1 aliphatic rings. The monoisotopic (exact) mass is 273 g/mol. The van der Waals surface area contributed by atoms with E-state index in [2.05, 4.69) is 0 Å². The zero-order valence-corrected chi connectivity index (χ0v) is 10.7. The Labute approximate surface area is 114 Å². The second kappa shape index (κ2) is 5.40. The van der Waals surface area contributed by atoms with E-state index in [1.807, 2.05) is 6.07 Å². The molecular weight excluding hydrogens is 262 g/mol. The molecule has 0 bridgehead atoms. The lowest BCUT2D eigenvalue weighted by atomic mass is 10.2. The minimum absolute atomic E-state index is 0.0112. The molecule has 1 aliphatic heterocycles. The summed E-state index contributed by atoms with van der Waals surface area (Å²) in [5, 5.41) is 8.88. The summed E-state index contributed by atoms with van der Waals surface area (Å²) in [6.45, 7) is -0.0369. The fraction of sp³-hybridized carbons (Fsp3) is 0.231. The van der Waals surface area contributed by atoms with Crippen LogP contribution in [0.5, 0.6) is 5.75 Å². The summed E-state index contributed by atoms with van der Waals surface area (Å²) >= 11 is 0. The van der Waals surface area contributed by atoms with Gasteiger partial charge in [-0.25, -0.2) is 4.79 Å². The Bertz CT molecular complexity index is 620. The third-order valence-electron chi connectivity index (χ3n) is 2.83. The van der Waals surface area contributed by atoms with Crippen molar-refractivity contribution in [1.29, 1.82) is 5.26 Å². The van der Waals surface area contributed by atoms with Crippen molar-refractivity contribution in [1.82, 2.24) is 9.80 Å². The number of ether oxygens (including phenoxy) is 1. The molecule has 1 heterocycles. The van der Waals surface area contributed by atoms with Crippen LogP contribution in [0.3, 0.4) is 0 Å². The largest absolute Gasteiger partial charge is 0.490 e. The highest BCUT2D eigenvalue weighted by atomic mass is 16.5. The third kappa shape index (κ3) is 2.31. The Kier molecular flexibility index (Phi) is 3.66. The van der Waals surface area contributed by atoms with Gasteiger partial charge in [-0.3, -0.25) is 19.4 Å². The Morgan fingerprint density at radius 1 is 1.20 bits per heavy atom. The highest BCUT2D eigenvalue weighted by Crippen LogP contribution is 2.17. The van der Waals surface area contributed by atoms with Crippen LogP contribution in [0.1, 0.15) is 5.56 Å². The molecule has 0 atom stereocenters. The van der Waals surface area contributed by atoms with Gasteiger partial charge >= 0.3 is 17.8 Å². The summed E-state index contributed by atoms with van der Waals surface area (Å²) in [6.07, 6.45) is 0. The van der Waals surface area contributed by atoms with E-state index in [9.17, 15) is 14.4 Å². The van der Waals surface area contributed by atoms with Crippen LogP contribution in [0.25, 0.3) is 0 Å². The SMILES string of the molecule is CN1C(=O)C(=O)N(CCOc2ccccc2C#N)C1=O. The number of likely N-dealkylation sites (N-methyl/N-ethyl adjacent to an activating group) is 1. The number of rotatable bonds is 4. The minimum atomic E-state index is -0.866. The summed E-state index contributed by atoms with van der Waals surface area (Å²) in [5.74, 6) is -1.35. The van der Waals surface area contributed by atoms with E-state index in [0.29, 0.717) is 11.3 Å². The van der Waals surface area contributed by atoms with Gasteiger partial charge in [-0.1, -0.05) is 12.1 Å². The number of carbonyl (C=O) groups is 3. The van der Waals surface area contributed by atoms with Crippen molar-refractivity contribution in [2.45, 2.75) is 0 Å². The van der Waals surface area contributed by atoms with Crippen LogP contribution in [0.4, 0.5) is 4.79 Å². The molecule has 1 aromatic rings. The van der Waals surface area contributed by atoms with Crippen molar-refractivity contribution < 1.29 is 19.1 Å². The lowest BCUT2D eigenvalue weighted by Gasteiger charge is -2.13. The zero-order chi connectivity index (χ0) is 14.7. The summed E-state index contributed by atoms with van der Waals surface area (Å²) in [6, 6.07) is 7.92. The van der Waals surface area contributed by atoms with Gasteiger partial charge in [0.05, 0.1) is 12.1 Å². The normalized spacial score (nSPS) is 14.7. The number of urea groups is 1. The number of nitrogens with zero attached hydrogens (tertiary/aromatic N) is 3. The second-order valence-electron chi connectivity index (χ2n) is 4.06. The number of imide groups is 2. The Hall–Kier alpha value is -2.88. The number of nitriles is 1. The van der Waals surface area contributed by atoms with Crippen molar-refractivity contribution in [3.05, 3.63) is 29.8 Å². The number of hydrogen-bond donors (Lipinski definition) is 0. The molecule has 4 amide bonds. The highest BCUT2D eigenvalue weighted by Gasteiger charge is 2.41. The third-order valence-corrected chi connectivity index (χ3v) is 2.83. The van der Waals surface area contributed by atoms with Gasteiger partial charge in [-0.2, -0.15) is 5.26 Å². The van der Waals surface area contributed by atoms with Crippen molar-refractivity contribution in [3.63, 3.8) is 0 Å². The van der Waals surface area contributed by atoms with Crippen molar-refractivity contribution in [2.75, 3.05) is 20.2 Å². The maximum absolute atomic E-state index is 11.6. The van der Waals surface area contributed by atoms with Gasteiger partial charge in [-0.05, 0) is 12.1 Å². The minimum Gasteiger partial charge on any atom is -0.490 e. The molecule has 0 N–H and O–H groups in total. The van der Waals surface area contributed by atoms with Crippen LogP contribution in [0.15, 0.2) is 24.3 Å². The smallest absolute Gasteiger partial charge is 0.334 e. The number of hydrogen-bond acceptors (Lipinski definition) is 5. The maximum Gasteiger partial charge on any atom is 0.334 e. The first kappa shape index (κ1) is 13.5. The zero-order valence-electron chi connectivity index (χ0n) is 10.7. The Balaban J connectivity index is 1.97. The Morgan fingerprint density at radius 3 is 2.50 bits per heavy atom. The molecule has 7 heteroatoms. The highest BCUT2D eigenvalue weighted by molar-refractivity contribution is 6.44. The molecule has 0 aliphatic carbocycles. The summed E-state index contributed by atoms with van der Waals surface area (Å²) in [4.78, 5) is 36.0. The molecule has 20 heavy (non-hydrogen) atoms. The molecule has 1 aromatic carbocycles. The van der Waals surface area contributed by atoms with Gasteiger partial charge in [0.1, 0.15) is 18.4 Å². The number of amides is 4. The van der Waals surface area contributed by atoms with Crippen LogP contribution in [-0.4, -0.2) is 47.8 Å². The molecule has 0 spiro atoms. The van der Waals surface area contributed by atoms with Crippen molar-refractivity contribution >= 4 is 17.8 Å². The van der Waals surface area contributed by atoms with Gasteiger partial charge in [-0.15, -0.1) is 0 Å². The Morgan fingerprint density at radius 2 is 1.90 bits per heavy atom. The van der Waals surface area contributed by atoms with Gasteiger partial charge in [0.15, 0.2) is 0 Å². The topological polar surface area (TPSA) is 90.7 Å². The van der Waals surface area contributed by atoms with Crippen LogP contribution in [0, 0.1) is 11.3 Å². The molecule has 0 radical (unpaired) electrons. The second-order valence-corrected chi connectivity index (χ2v) is 4.06. The maximum atomic E-state index is 11.6. The molecule has 1 fully saturated rings. The van der Waals surface area contributed by atoms with E-state index in [-0.39, 0.29) is 13.2 Å². The summed E-state index contributed by atoms with van der Waals surface area (Å²) in [5.41, 5.74) is 0.361. The standard InChI is InChI=1S/C13H11N3O4/c1-15-11(17)12(18)16(13(15)19)6-7-20-10-5-3-2-4-9(10)8-14/h2-5H,6-7H2,1H3. The van der Waals surface area contributed by atoms with Gasteiger partial charge in [0, 0.05) is 7.05 Å². The molecule has 7 nitrogen and oxygen atoms in total. The van der Waals surface area contributed by atoms with Gasteiger partial charge in [0.2, 0.25) is 0 Å².